The van der Waals surface area contributed by atoms with Gasteiger partial charge in [0, 0.05) is 25.2 Å². The summed E-state index contributed by atoms with van der Waals surface area (Å²) in [7, 11) is 0. The number of hydrogen-bond acceptors (Lipinski definition) is 2. The normalized spacial score (nSPS) is 27.6. The molecular weight excluding hydrogens is 316 g/mol. The second-order valence-electron chi connectivity index (χ2n) is 3.94. The molecule has 2 atom stereocenters. The number of likely N-dealkylation sites (tertiary alicyclic amines) is 1. The standard InChI is InChI=1S/C10H21NO.HI.K/c1-9-5-3-6-10(2)11(9)7-4-8-12;;/h9-10,12H,3-8H2,1-2H3;1H;/q;;+1/p-1/t9-,10+;;. The van der Waals surface area contributed by atoms with Gasteiger partial charge in [-0.2, -0.15) is 0 Å². The Morgan fingerprint density at radius 3 is 2.14 bits per heavy atom. The van der Waals surface area contributed by atoms with Gasteiger partial charge in [0.05, 0.1) is 0 Å². The number of hydrogen-bond donors (Lipinski definition) is 1. The summed E-state index contributed by atoms with van der Waals surface area (Å²) in [5.74, 6) is 0. The van der Waals surface area contributed by atoms with E-state index >= 15 is 0 Å². The summed E-state index contributed by atoms with van der Waals surface area (Å²) in [5, 5.41) is 8.74. The molecule has 1 rings (SSSR count). The minimum Gasteiger partial charge on any atom is -1.00 e. The zero-order chi connectivity index (χ0) is 8.97. The molecule has 0 aliphatic carbocycles. The van der Waals surface area contributed by atoms with E-state index in [0.29, 0.717) is 6.61 Å². The van der Waals surface area contributed by atoms with Crippen molar-refractivity contribution in [2.24, 2.45) is 0 Å². The summed E-state index contributed by atoms with van der Waals surface area (Å²) in [6.07, 6.45) is 4.96. The third kappa shape index (κ3) is 6.13. The third-order valence-electron chi connectivity index (χ3n) is 2.95. The van der Waals surface area contributed by atoms with Crippen LogP contribution in [-0.4, -0.2) is 35.2 Å². The topological polar surface area (TPSA) is 23.5 Å². The largest absolute Gasteiger partial charge is 1.00 e. The predicted molar refractivity (Wildman–Crippen MR) is 51.2 cm³/mol. The van der Waals surface area contributed by atoms with E-state index in [1.54, 1.807) is 0 Å². The van der Waals surface area contributed by atoms with Crippen molar-refractivity contribution in [3.63, 3.8) is 0 Å². The molecule has 0 unspecified atom stereocenters. The molecule has 4 heteroatoms. The van der Waals surface area contributed by atoms with Crippen molar-refractivity contribution in [2.45, 2.75) is 51.6 Å². The Labute approximate surface area is 148 Å². The Morgan fingerprint density at radius 1 is 1.21 bits per heavy atom. The first-order chi connectivity index (χ1) is 5.75. The average Bonchev–Trinajstić information content (AvgIpc) is 2.04. The van der Waals surface area contributed by atoms with Crippen LogP contribution in [0.4, 0.5) is 0 Å². The third-order valence-corrected chi connectivity index (χ3v) is 2.95. The number of nitrogens with zero attached hydrogens (tertiary/aromatic N) is 1. The van der Waals surface area contributed by atoms with E-state index in [4.69, 9.17) is 5.11 Å². The van der Waals surface area contributed by atoms with Gasteiger partial charge < -0.3 is 29.1 Å². The number of rotatable bonds is 3. The molecule has 1 aliphatic rings. The van der Waals surface area contributed by atoms with Gasteiger partial charge in [-0.25, -0.2) is 0 Å². The van der Waals surface area contributed by atoms with Crippen molar-refractivity contribution in [1.82, 2.24) is 4.90 Å². The minimum absolute atomic E-state index is 0. The zero-order valence-corrected chi connectivity index (χ0v) is 15.0. The molecule has 14 heavy (non-hydrogen) atoms. The van der Waals surface area contributed by atoms with E-state index in [1.165, 1.54) is 19.3 Å². The molecule has 80 valence electrons. The zero-order valence-electron chi connectivity index (χ0n) is 9.67. The van der Waals surface area contributed by atoms with Gasteiger partial charge in [0.1, 0.15) is 0 Å². The molecule has 2 nitrogen and oxygen atoms in total. The second-order valence-corrected chi connectivity index (χ2v) is 3.94. The molecule has 1 saturated heterocycles. The van der Waals surface area contributed by atoms with Gasteiger partial charge in [0.15, 0.2) is 0 Å². The van der Waals surface area contributed by atoms with Crippen LogP contribution in [0.1, 0.15) is 39.5 Å². The van der Waals surface area contributed by atoms with Gasteiger partial charge in [-0.05, 0) is 33.1 Å². The quantitative estimate of drug-likeness (QED) is 0.416. The first-order valence-electron chi connectivity index (χ1n) is 5.12. The summed E-state index contributed by atoms with van der Waals surface area (Å²) in [6, 6.07) is 1.44. The molecule has 0 amide bonds. The van der Waals surface area contributed by atoms with E-state index in [2.05, 4.69) is 18.7 Å². The van der Waals surface area contributed by atoms with Crippen molar-refractivity contribution in [1.29, 1.82) is 0 Å². The number of aliphatic hydroxyl groups excluding tert-OH is 1. The number of halogens is 1. The van der Waals surface area contributed by atoms with Gasteiger partial charge in [-0.1, -0.05) is 6.42 Å². The van der Waals surface area contributed by atoms with E-state index < -0.39 is 0 Å². The molecule has 1 aliphatic heterocycles. The van der Waals surface area contributed by atoms with Crippen molar-refractivity contribution in [3.8, 4) is 0 Å². The monoisotopic (exact) mass is 337 g/mol. The first kappa shape index (κ1) is 18.6. The van der Waals surface area contributed by atoms with Crippen LogP contribution >= 0.6 is 0 Å². The molecule has 0 bridgehead atoms. The SMILES string of the molecule is C[C@@H]1CCC[C@H](C)N1CCCO.[I-].[K+]. The number of piperidine rings is 1. The fourth-order valence-corrected chi connectivity index (χ4v) is 2.17. The maximum atomic E-state index is 8.74. The Hall–Kier alpha value is 2.29. The Balaban J connectivity index is 0. The van der Waals surface area contributed by atoms with Crippen LogP contribution in [0, 0.1) is 0 Å². The van der Waals surface area contributed by atoms with Crippen molar-refractivity contribution in [2.75, 3.05) is 13.2 Å². The van der Waals surface area contributed by atoms with E-state index in [-0.39, 0.29) is 75.4 Å². The molecule has 0 spiro atoms. The van der Waals surface area contributed by atoms with Crippen molar-refractivity contribution < 1.29 is 80.5 Å². The van der Waals surface area contributed by atoms with Crippen LogP contribution in [0.15, 0.2) is 0 Å². The summed E-state index contributed by atoms with van der Waals surface area (Å²) in [6.45, 7) is 5.99. The van der Waals surface area contributed by atoms with Crippen LogP contribution < -0.4 is 75.4 Å². The summed E-state index contributed by atoms with van der Waals surface area (Å²) in [4.78, 5) is 2.53. The minimum atomic E-state index is 0. The van der Waals surface area contributed by atoms with Crippen LogP contribution in [0.2, 0.25) is 0 Å². The summed E-state index contributed by atoms with van der Waals surface area (Å²) in [5.41, 5.74) is 0. The molecule has 1 N–H and O–H groups in total. The van der Waals surface area contributed by atoms with Crippen LogP contribution in [0.3, 0.4) is 0 Å². The fraction of sp³-hybridized carbons (Fsp3) is 1.00. The maximum Gasteiger partial charge on any atom is 1.00 e. The van der Waals surface area contributed by atoms with Gasteiger partial charge in [-0.3, -0.25) is 4.90 Å². The first-order valence-corrected chi connectivity index (χ1v) is 5.12. The molecule has 1 fully saturated rings. The number of aliphatic hydroxyl groups is 1. The molecule has 0 aromatic heterocycles. The second kappa shape index (κ2) is 10.4. The van der Waals surface area contributed by atoms with Gasteiger partial charge in [-0.15, -0.1) is 0 Å². The van der Waals surface area contributed by atoms with Gasteiger partial charge in [0.25, 0.3) is 0 Å². The van der Waals surface area contributed by atoms with Gasteiger partial charge in [0.2, 0.25) is 0 Å². The fourth-order valence-electron chi connectivity index (χ4n) is 2.17. The predicted octanol–water partition coefficient (Wildman–Crippen LogP) is -4.36. The molecule has 0 radical (unpaired) electrons. The summed E-state index contributed by atoms with van der Waals surface area (Å²) >= 11 is 0. The van der Waals surface area contributed by atoms with Crippen molar-refractivity contribution >= 4 is 0 Å². The van der Waals surface area contributed by atoms with Gasteiger partial charge >= 0.3 is 51.4 Å². The van der Waals surface area contributed by atoms with E-state index in [1.807, 2.05) is 0 Å². The van der Waals surface area contributed by atoms with Crippen LogP contribution in [0.25, 0.3) is 0 Å². The molecule has 0 saturated carbocycles. The maximum absolute atomic E-state index is 8.74. The van der Waals surface area contributed by atoms with E-state index in [0.717, 1.165) is 25.0 Å². The molecular formula is C10H21IKNO. The Bertz CT molecular complexity index is 127. The Kier molecular flexibility index (Phi) is 13.9. The smallest absolute Gasteiger partial charge is 1.00 e. The van der Waals surface area contributed by atoms with Crippen molar-refractivity contribution in [3.05, 3.63) is 0 Å². The Morgan fingerprint density at radius 2 is 1.71 bits per heavy atom. The average molecular weight is 337 g/mol. The summed E-state index contributed by atoms with van der Waals surface area (Å²) < 4.78 is 0. The molecule has 1 heterocycles. The van der Waals surface area contributed by atoms with E-state index in [9.17, 15) is 0 Å². The van der Waals surface area contributed by atoms with Crippen LogP contribution in [0.5, 0.6) is 0 Å². The van der Waals surface area contributed by atoms with Crippen LogP contribution in [-0.2, 0) is 0 Å². The molecule has 0 aromatic rings. The molecule has 0 aromatic carbocycles.